The summed E-state index contributed by atoms with van der Waals surface area (Å²) in [7, 11) is -9.83. The minimum Gasteiger partial charge on any atom is -0.462 e. The first-order valence-corrected chi connectivity index (χ1v) is 28.8. The molecule has 2 unspecified atom stereocenters. The summed E-state index contributed by atoms with van der Waals surface area (Å²) in [5.41, 5.74) is 0. The van der Waals surface area contributed by atoms with Crippen LogP contribution in [0.4, 0.5) is 0 Å². The largest absolute Gasteiger partial charge is 0.472 e. The Morgan fingerprint density at radius 1 is 0.358 bits per heavy atom. The lowest BCUT2D eigenvalue weighted by molar-refractivity contribution is -0.161. The number of carbonyl (C=O) groups is 4. The zero-order valence-corrected chi connectivity index (χ0v) is 43.6. The highest BCUT2D eigenvalue weighted by Gasteiger charge is 2.30. The van der Waals surface area contributed by atoms with Gasteiger partial charge < -0.3 is 33.8 Å². The highest BCUT2D eigenvalue weighted by molar-refractivity contribution is 7.47. The van der Waals surface area contributed by atoms with Gasteiger partial charge in [0.15, 0.2) is 12.2 Å². The topological polar surface area (TPSA) is 237 Å². The lowest BCUT2D eigenvalue weighted by Crippen LogP contribution is -2.30. The molecule has 19 heteroatoms. The van der Waals surface area contributed by atoms with E-state index in [0.717, 1.165) is 109 Å². The molecule has 0 aliphatic rings. The fourth-order valence-electron chi connectivity index (χ4n) is 6.80. The smallest absolute Gasteiger partial charge is 0.462 e. The third kappa shape index (κ3) is 43.8. The highest BCUT2D eigenvalue weighted by atomic mass is 31.2. The van der Waals surface area contributed by atoms with E-state index in [1.54, 1.807) is 0 Å². The van der Waals surface area contributed by atoms with Gasteiger partial charge in [0.1, 0.15) is 19.3 Å². The van der Waals surface area contributed by atoms with Crippen LogP contribution in [0.3, 0.4) is 0 Å². The molecule has 0 aliphatic carbocycles. The minimum absolute atomic E-state index is 0.0988. The van der Waals surface area contributed by atoms with Gasteiger partial charge in [-0.15, -0.1) is 0 Å². The van der Waals surface area contributed by atoms with Crippen LogP contribution in [0.5, 0.6) is 0 Å². The number of esters is 4. The van der Waals surface area contributed by atoms with Crippen molar-refractivity contribution in [1.82, 2.24) is 0 Å². The van der Waals surface area contributed by atoms with Crippen LogP contribution in [0.15, 0.2) is 0 Å². The zero-order chi connectivity index (χ0) is 49.9. The summed E-state index contributed by atoms with van der Waals surface area (Å²) in [5, 5.41) is 10.4. The Balaban J connectivity index is 5.14. The second-order valence-electron chi connectivity index (χ2n) is 17.5. The molecule has 396 valence electrons. The van der Waals surface area contributed by atoms with E-state index in [4.69, 9.17) is 37.0 Å². The van der Waals surface area contributed by atoms with E-state index >= 15 is 0 Å². The predicted octanol–water partition coefficient (Wildman–Crippen LogP) is 11.7. The van der Waals surface area contributed by atoms with Gasteiger partial charge in [-0.2, -0.15) is 0 Å². The van der Waals surface area contributed by atoms with Crippen LogP contribution in [-0.2, 0) is 65.4 Å². The molecule has 17 nitrogen and oxygen atoms in total. The Kier molecular flexibility index (Phi) is 42.8. The number of phosphoric ester groups is 2. The average molecular weight is 1000 g/mol. The summed E-state index contributed by atoms with van der Waals surface area (Å²) < 4.78 is 66.8. The number of unbranched alkanes of at least 4 members (excludes halogenated alkanes) is 23. The van der Waals surface area contributed by atoms with Crippen LogP contribution in [0.25, 0.3) is 0 Å². The van der Waals surface area contributed by atoms with Gasteiger partial charge in [-0.1, -0.05) is 175 Å². The van der Waals surface area contributed by atoms with Crippen LogP contribution in [-0.4, -0.2) is 96.7 Å². The van der Waals surface area contributed by atoms with E-state index < -0.39 is 97.5 Å². The maximum Gasteiger partial charge on any atom is 0.472 e. The summed E-state index contributed by atoms with van der Waals surface area (Å²) in [5.74, 6) is -2.18. The maximum absolute atomic E-state index is 12.8. The first-order valence-electron chi connectivity index (χ1n) is 25.8. The van der Waals surface area contributed by atoms with Crippen molar-refractivity contribution in [2.45, 2.75) is 245 Å². The molecule has 0 saturated carbocycles. The van der Waals surface area contributed by atoms with Crippen molar-refractivity contribution in [3.05, 3.63) is 0 Å². The monoisotopic (exact) mass is 1000 g/mol. The molecule has 0 aromatic heterocycles. The maximum atomic E-state index is 12.8. The number of hydrogen-bond donors (Lipinski definition) is 3. The number of phosphoric acid groups is 2. The van der Waals surface area contributed by atoms with Crippen molar-refractivity contribution < 1.29 is 80.2 Å². The lowest BCUT2D eigenvalue weighted by Gasteiger charge is -2.21. The quantitative estimate of drug-likeness (QED) is 0.0222. The van der Waals surface area contributed by atoms with E-state index in [0.29, 0.717) is 25.7 Å². The summed E-state index contributed by atoms with van der Waals surface area (Å²) in [6.07, 6.45) is 23.4. The van der Waals surface area contributed by atoms with E-state index in [2.05, 4.69) is 27.7 Å². The van der Waals surface area contributed by atoms with Gasteiger partial charge in [-0.05, 0) is 25.7 Å². The number of hydrogen-bond acceptors (Lipinski definition) is 15. The molecule has 0 heterocycles. The van der Waals surface area contributed by atoms with Gasteiger partial charge in [0.25, 0.3) is 0 Å². The molecule has 0 spiro atoms. The molecule has 0 radical (unpaired) electrons. The van der Waals surface area contributed by atoms with E-state index in [1.165, 1.54) is 38.5 Å². The summed E-state index contributed by atoms with van der Waals surface area (Å²) in [4.78, 5) is 70.8. The Bertz CT molecular complexity index is 1340. The first kappa shape index (κ1) is 65.1. The van der Waals surface area contributed by atoms with E-state index in [-0.39, 0.29) is 25.7 Å². The normalized spacial score (nSPS) is 14.7. The minimum atomic E-state index is -4.92. The fraction of sp³-hybridized carbons (Fsp3) is 0.917. The average Bonchev–Trinajstić information content (AvgIpc) is 3.29. The van der Waals surface area contributed by atoms with Gasteiger partial charge in [0.05, 0.1) is 26.4 Å². The summed E-state index contributed by atoms with van der Waals surface area (Å²) in [6, 6.07) is 0. The second kappa shape index (κ2) is 44.0. The molecule has 0 amide bonds. The molecular formula is C48H92O17P2. The van der Waals surface area contributed by atoms with Crippen LogP contribution < -0.4 is 0 Å². The molecule has 0 fully saturated rings. The van der Waals surface area contributed by atoms with Crippen molar-refractivity contribution in [3.63, 3.8) is 0 Å². The van der Waals surface area contributed by atoms with Crippen molar-refractivity contribution in [2.75, 3.05) is 39.6 Å². The molecule has 0 rings (SSSR count). The van der Waals surface area contributed by atoms with E-state index in [9.17, 15) is 43.2 Å². The van der Waals surface area contributed by atoms with Crippen molar-refractivity contribution in [2.24, 2.45) is 0 Å². The SMILES string of the molecule is CCCCCCCCCCCCC(=O)O[C@H](COC(=O)CCCCCCCCC)COP(=O)(O)OC[C@@H](O)COP(=O)(O)OC[C@@H](COC(=O)CCCCCCC)OC(=O)CCCCCCC. The number of aliphatic hydroxyl groups excluding tert-OH is 1. The van der Waals surface area contributed by atoms with Gasteiger partial charge in [0, 0.05) is 25.7 Å². The van der Waals surface area contributed by atoms with Gasteiger partial charge >= 0.3 is 39.5 Å². The fourth-order valence-corrected chi connectivity index (χ4v) is 8.38. The Hall–Kier alpha value is -1.94. The van der Waals surface area contributed by atoms with Crippen molar-refractivity contribution >= 4 is 39.5 Å². The predicted molar refractivity (Wildman–Crippen MR) is 257 cm³/mol. The van der Waals surface area contributed by atoms with Crippen LogP contribution in [0.2, 0.25) is 0 Å². The molecule has 5 atom stereocenters. The van der Waals surface area contributed by atoms with Crippen LogP contribution in [0, 0.1) is 0 Å². The molecule has 3 N–H and O–H groups in total. The highest BCUT2D eigenvalue weighted by Crippen LogP contribution is 2.45. The third-order valence-corrected chi connectivity index (χ3v) is 12.8. The number of aliphatic hydroxyl groups is 1. The van der Waals surface area contributed by atoms with Crippen molar-refractivity contribution in [1.29, 1.82) is 0 Å². The van der Waals surface area contributed by atoms with E-state index in [1.807, 2.05) is 0 Å². The molecule has 67 heavy (non-hydrogen) atoms. The Morgan fingerprint density at radius 2 is 0.597 bits per heavy atom. The summed E-state index contributed by atoms with van der Waals surface area (Å²) >= 11 is 0. The zero-order valence-electron chi connectivity index (χ0n) is 41.8. The number of carbonyl (C=O) groups excluding carboxylic acids is 4. The molecule has 0 aromatic carbocycles. The third-order valence-electron chi connectivity index (χ3n) is 10.9. The van der Waals surface area contributed by atoms with Gasteiger partial charge in [-0.3, -0.25) is 37.3 Å². The molecule has 0 saturated heterocycles. The molecular weight excluding hydrogens is 910 g/mol. The second-order valence-corrected chi connectivity index (χ2v) is 20.4. The first-order chi connectivity index (χ1) is 32.2. The number of rotatable bonds is 49. The lowest BCUT2D eigenvalue weighted by atomic mass is 10.1. The summed E-state index contributed by atoms with van der Waals surface area (Å²) in [6.45, 7) is 4.53. The standard InChI is InChI=1S/C48H92O17P2/c1-5-9-13-17-19-20-21-23-27-31-35-48(53)65-44(39-59-46(51)33-29-26-22-18-14-10-6-2)41-63-67(56,57)61-37-42(49)36-60-66(54,55)62-40-43(64-47(52)34-30-25-16-12-8-4)38-58-45(50)32-28-24-15-11-7-3/h42-44,49H,5-41H2,1-4H3,(H,54,55)(H,56,57)/t42-,43+,44+/m0/s1. The van der Waals surface area contributed by atoms with Gasteiger partial charge in [-0.25, -0.2) is 9.13 Å². The van der Waals surface area contributed by atoms with Crippen molar-refractivity contribution in [3.8, 4) is 0 Å². The Labute approximate surface area is 403 Å². The van der Waals surface area contributed by atoms with Crippen LogP contribution in [0.1, 0.15) is 227 Å². The van der Waals surface area contributed by atoms with Gasteiger partial charge in [0.2, 0.25) is 0 Å². The number of ether oxygens (including phenoxy) is 4. The Morgan fingerprint density at radius 3 is 0.881 bits per heavy atom. The molecule has 0 aliphatic heterocycles. The molecule has 0 aromatic rings. The molecule has 0 bridgehead atoms. The van der Waals surface area contributed by atoms with Crippen LogP contribution >= 0.6 is 15.6 Å².